The van der Waals surface area contributed by atoms with Crippen LogP contribution >= 0.6 is 0 Å². The summed E-state index contributed by atoms with van der Waals surface area (Å²) in [6.45, 7) is 0. The lowest BCUT2D eigenvalue weighted by atomic mass is 10.1. The quantitative estimate of drug-likeness (QED) is 0.841. The summed E-state index contributed by atoms with van der Waals surface area (Å²) < 4.78 is 14.7. The average Bonchev–Trinajstić information content (AvgIpc) is 2.63. The zero-order valence-corrected chi connectivity index (χ0v) is 8.51. The molecule has 0 unspecified atom stereocenters. The first-order valence-electron chi connectivity index (χ1n) is 4.60. The number of carboxylic acids is 1. The maximum atomic E-state index is 13.1. The second kappa shape index (κ2) is 3.77. The van der Waals surface area contributed by atoms with Gasteiger partial charge >= 0.3 is 5.97 Å². The first kappa shape index (κ1) is 10.4. The first-order chi connectivity index (χ1) is 7.59. The number of aryl methyl sites for hydroxylation is 1. The van der Waals surface area contributed by atoms with Gasteiger partial charge in [-0.2, -0.15) is 0 Å². The van der Waals surface area contributed by atoms with E-state index >= 15 is 0 Å². The molecule has 1 N–H and O–H groups in total. The molecule has 0 radical (unpaired) electrons. The van der Waals surface area contributed by atoms with Crippen molar-refractivity contribution in [1.29, 1.82) is 0 Å². The highest BCUT2D eigenvalue weighted by Gasteiger charge is 2.15. The van der Waals surface area contributed by atoms with Gasteiger partial charge < -0.3 is 9.67 Å². The van der Waals surface area contributed by atoms with Crippen LogP contribution in [0, 0.1) is 5.82 Å². The van der Waals surface area contributed by atoms with E-state index in [9.17, 15) is 9.18 Å². The molecule has 2 rings (SSSR count). The smallest absolute Gasteiger partial charge is 0.336 e. The molecule has 0 aliphatic rings. The van der Waals surface area contributed by atoms with Gasteiger partial charge in [-0.05, 0) is 18.2 Å². The van der Waals surface area contributed by atoms with Gasteiger partial charge in [-0.15, -0.1) is 0 Å². The van der Waals surface area contributed by atoms with E-state index in [1.165, 1.54) is 18.3 Å². The van der Waals surface area contributed by atoms with E-state index in [0.29, 0.717) is 5.82 Å². The highest BCUT2D eigenvalue weighted by atomic mass is 19.1. The largest absolute Gasteiger partial charge is 0.478 e. The number of rotatable bonds is 2. The Bertz CT molecular complexity index is 549. The van der Waals surface area contributed by atoms with Crippen LogP contribution in [0.5, 0.6) is 0 Å². The summed E-state index contributed by atoms with van der Waals surface area (Å²) in [7, 11) is 1.72. The van der Waals surface area contributed by atoms with E-state index in [-0.39, 0.29) is 11.1 Å². The molecule has 4 nitrogen and oxygen atoms in total. The highest BCUT2D eigenvalue weighted by Crippen LogP contribution is 2.22. The lowest BCUT2D eigenvalue weighted by molar-refractivity contribution is 0.0697. The molecule has 2 aromatic rings. The van der Waals surface area contributed by atoms with Crippen molar-refractivity contribution >= 4 is 5.97 Å². The molecule has 0 atom stereocenters. The third kappa shape index (κ3) is 1.67. The number of nitrogens with zero attached hydrogens (tertiary/aromatic N) is 2. The van der Waals surface area contributed by atoms with Crippen LogP contribution in [0.25, 0.3) is 11.4 Å². The fourth-order valence-corrected chi connectivity index (χ4v) is 1.51. The second-order valence-corrected chi connectivity index (χ2v) is 3.36. The van der Waals surface area contributed by atoms with Crippen molar-refractivity contribution in [2.24, 2.45) is 7.05 Å². The molecule has 1 aromatic heterocycles. The van der Waals surface area contributed by atoms with Crippen LogP contribution in [-0.2, 0) is 7.05 Å². The third-order valence-electron chi connectivity index (χ3n) is 2.27. The lowest BCUT2D eigenvalue weighted by Gasteiger charge is -2.06. The van der Waals surface area contributed by atoms with E-state index < -0.39 is 11.8 Å². The fourth-order valence-electron chi connectivity index (χ4n) is 1.51. The first-order valence-corrected chi connectivity index (χ1v) is 4.60. The summed E-state index contributed by atoms with van der Waals surface area (Å²) in [4.78, 5) is 15.0. The monoisotopic (exact) mass is 220 g/mol. The normalized spacial score (nSPS) is 10.4. The molecule has 0 aliphatic carbocycles. The van der Waals surface area contributed by atoms with Crippen molar-refractivity contribution in [3.8, 4) is 11.4 Å². The Morgan fingerprint density at radius 3 is 2.81 bits per heavy atom. The van der Waals surface area contributed by atoms with Crippen LogP contribution in [0.2, 0.25) is 0 Å². The van der Waals surface area contributed by atoms with Gasteiger partial charge in [0.15, 0.2) is 0 Å². The van der Waals surface area contributed by atoms with E-state index in [1.807, 2.05) is 0 Å². The Balaban J connectivity index is 2.67. The molecule has 0 saturated carbocycles. The maximum Gasteiger partial charge on any atom is 0.336 e. The maximum absolute atomic E-state index is 13.1. The summed E-state index contributed by atoms with van der Waals surface area (Å²) >= 11 is 0. The number of benzene rings is 1. The molecule has 0 saturated heterocycles. The molecule has 0 amide bonds. The van der Waals surface area contributed by atoms with Gasteiger partial charge in [0.1, 0.15) is 11.6 Å². The summed E-state index contributed by atoms with van der Waals surface area (Å²) in [6, 6.07) is 3.53. The van der Waals surface area contributed by atoms with Gasteiger partial charge in [0.25, 0.3) is 0 Å². The number of aromatic nitrogens is 2. The van der Waals surface area contributed by atoms with Crippen molar-refractivity contribution < 1.29 is 14.3 Å². The van der Waals surface area contributed by atoms with Crippen LogP contribution in [-0.4, -0.2) is 20.6 Å². The van der Waals surface area contributed by atoms with Gasteiger partial charge in [0.05, 0.1) is 5.56 Å². The van der Waals surface area contributed by atoms with E-state index in [0.717, 1.165) is 6.07 Å². The van der Waals surface area contributed by atoms with Crippen molar-refractivity contribution in [2.45, 2.75) is 0 Å². The van der Waals surface area contributed by atoms with Gasteiger partial charge in [-0.25, -0.2) is 14.2 Å². The number of hydrogen-bond acceptors (Lipinski definition) is 2. The topological polar surface area (TPSA) is 55.1 Å². The lowest BCUT2D eigenvalue weighted by Crippen LogP contribution is -2.03. The standard InChI is InChI=1S/C11H9FN2O2/c1-14-5-4-13-10(14)9-6-7(12)2-3-8(9)11(15)16/h2-6H,1H3,(H,15,16). The number of hydrogen-bond donors (Lipinski definition) is 1. The zero-order valence-electron chi connectivity index (χ0n) is 8.51. The van der Waals surface area contributed by atoms with Crippen molar-refractivity contribution in [3.63, 3.8) is 0 Å². The Hall–Kier alpha value is -2.17. The predicted octanol–water partition coefficient (Wildman–Crippen LogP) is 1.92. The van der Waals surface area contributed by atoms with Crippen LogP contribution in [0.3, 0.4) is 0 Å². The van der Waals surface area contributed by atoms with Crippen molar-refractivity contribution in [2.75, 3.05) is 0 Å². The van der Waals surface area contributed by atoms with E-state index in [2.05, 4.69) is 4.98 Å². The summed E-state index contributed by atoms with van der Waals surface area (Å²) in [5.74, 6) is -1.15. The Kier molecular flexibility index (Phi) is 2.44. The Morgan fingerprint density at radius 2 is 2.25 bits per heavy atom. The molecule has 0 fully saturated rings. The van der Waals surface area contributed by atoms with Crippen LogP contribution in [0.15, 0.2) is 30.6 Å². The number of imidazole rings is 1. The van der Waals surface area contributed by atoms with E-state index in [1.54, 1.807) is 17.8 Å². The van der Waals surface area contributed by atoms with Crippen molar-refractivity contribution in [3.05, 3.63) is 42.0 Å². The Labute approximate surface area is 91.0 Å². The molecule has 82 valence electrons. The van der Waals surface area contributed by atoms with Gasteiger partial charge in [0, 0.05) is 25.0 Å². The van der Waals surface area contributed by atoms with Crippen LogP contribution in [0.1, 0.15) is 10.4 Å². The Morgan fingerprint density at radius 1 is 1.50 bits per heavy atom. The molecule has 1 aromatic carbocycles. The second-order valence-electron chi connectivity index (χ2n) is 3.36. The molecule has 0 aliphatic heterocycles. The summed E-state index contributed by atoms with van der Waals surface area (Å²) in [5, 5.41) is 8.99. The fraction of sp³-hybridized carbons (Fsp3) is 0.0909. The molecule has 0 bridgehead atoms. The number of carboxylic acid groups (broad SMARTS) is 1. The minimum absolute atomic E-state index is 0.0377. The summed E-state index contributed by atoms with van der Waals surface area (Å²) in [6.07, 6.45) is 3.21. The molecule has 0 spiro atoms. The van der Waals surface area contributed by atoms with Gasteiger partial charge in [0.2, 0.25) is 0 Å². The molecular formula is C11H9FN2O2. The van der Waals surface area contributed by atoms with E-state index in [4.69, 9.17) is 5.11 Å². The highest BCUT2D eigenvalue weighted by molar-refractivity contribution is 5.95. The van der Waals surface area contributed by atoms with Gasteiger partial charge in [-0.1, -0.05) is 0 Å². The molecule has 1 heterocycles. The number of halogens is 1. The minimum Gasteiger partial charge on any atom is -0.478 e. The van der Waals surface area contributed by atoms with Gasteiger partial charge in [-0.3, -0.25) is 0 Å². The number of carbonyl (C=O) groups is 1. The average molecular weight is 220 g/mol. The molecular weight excluding hydrogens is 211 g/mol. The van der Waals surface area contributed by atoms with Crippen LogP contribution < -0.4 is 0 Å². The third-order valence-corrected chi connectivity index (χ3v) is 2.27. The minimum atomic E-state index is -1.10. The number of aromatic carboxylic acids is 1. The van der Waals surface area contributed by atoms with Crippen LogP contribution in [0.4, 0.5) is 4.39 Å². The zero-order chi connectivity index (χ0) is 11.7. The SMILES string of the molecule is Cn1ccnc1-c1cc(F)ccc1C(=O)O. The molecule has 5 heteroatoms. The summed E-state index contributed by atoms with van der Waals surface area (Å²) in [5.41, 5.74) is 0.315. The van der Waals surface area contributed by atoms with Crippen molar-refractivity contribution in [1.82, 2.24) is 9.55 Å². The molecule has 16 heavy (non-hydrogen) atoms. The predicted molar refractivity (Wildman–Crippen MR) is 55.6 cm³/mol.